The van der Waals surface area contributed by atoms with Crippen LogP contribution in [0.4, 0.5) is 5.69 Å². The highest BCUT2D eigenvalue weighted by atomic mass is 16.5. The Labute approximate surface area is 124 Å². The first kappa shape index (κ1) is 16.9. The van der Waals surface area contributed by atoms with Crippen LogP contribution >= 0.6 is 0 Å². The summed E-state index contributed by atoms with van der Waals surface area (Å²) in [5.74, 6) is 0.931. The molecule has 1 aromatic carbocycles. The molecule has 0 saturated heterocycles. The lowest BCUT2D eigenvalue weighted by Gasteiger charge is -2.23. The van der Waals surface area contributed by atoms with Crippen LogP contribution in [0.25, 0.3) is 0 Å². The molecule has 2 heteroatoms. The van der Waals surface area contributed by atoms with Crippen LogP contribution in [0.1, 0.15) is 65.9 Å². The zero-order valence-electron chi connectivity index (χ0n) is 14.0. The molecule has 1 aromatic rings. The van der Waals surface area contributed by atoms with Crippen LogP contribution in [0.3, 0.4) is 0 Å². The van der Waals surface area contributed by atoms with Gasteiger partial charge < -0.3 is 10.1 Å². The molecule has 0 bridgehead atoms. The molecule has 0 aromatic heterocycles. The van der Waals surface area contributed by atoms with Crippen LogP contribution in [0.5, 0.6) is 5.75 Å². The van der Waals surface area contributed by atoms with Gasteiger partial charge >= 0.3 is 0 Å². The quantitative estimate of drug-likeness (QED) is 0.676. The van der Waals surface area contributed by atoms with Gasteiger partial charge in [0.1, 0.15) is 5.75 Å². The molecule has 1 atom stereocenters. The number of hydrogen-bond acceptors (Lipinski definition) is 2. The Morgan fingerprint density at radius 3 is 2.45 bits per heavy atom. The monoisotopic (exact) mass is 277 g/mol. The van der Waals surface area contributed by atoms with Gasteiger partial charge in [0, 0.05) is 6.04 Å². The Balaban J connectivity index is 2.80. The minimum atomic E-state index is 0.161. The fraction of sp³-hybridized carbons (Fsp3) is 0.667. The van der Waals surface area contributed by atoms with E-state index in [1.807, 2.05) is 0 Å². The van der Waals surface area contributed by atoms with E-state index in [-0.39, 0.29) is 5.41 Å². The van der Waals surface area contributed by atoms with Crippen LogP contribution in [-0.2, 0) is 5.41 Å². The predicted octanol–water partition coefficient (Wildman–Crippen LogP) is 5.37. The summed E-state index contributed by atoms with van der Waals surface area (Å²) in [6.45, 7) is 11.2. The van der Waals surface area contributed by atoms with Crippen LogP contribution < -0.4 is 10.1 Å². The fourth-order valence-corrected chi connectivity index (χ4v) is 2.33. The van der Waals surface area contributed by atoms with Gasteiger partial charge in [0.2, 0.25) is 0 Å². The Morgan fingerprint density at radius 1 is 1.20 bits per heavy atom. The van der Waals surface area contributed by atoms with E-state index in [4.69, 9.17) is 4.74 Å². The molecule has 1 N–H and O–H groups in total. The third kappa shape index (κ3) is 5.07. The summed E-state index contributed by atoms with van der Waals surface area (Å²) >= 11 is 0. The van der Waals surface area contributed by atoms with E-state index in [0.717, 1.165) is 11.4 Å². The molecule has 20 heavy (non-hydrogen) atoms. The van der Waals surface area contributed by atoms with Crippen LogP contribution in [0.15, 0.2) is 18.2 Å². The van der Waals surface area contributed by atoms with E-state index in [2.05, 4.69) is 58.1 Å². The van der Waals surface area contributed by atoms with Crippen molar-refractivity contribution in [1.82, 2.24) is 0 Å². The maximum Gasteiger partial charge on any atom is 0.141 e. The number of benzene rings is 1. The second-order valence-corrected chi connectivity index (χ2v) is 6.71. The molecule has 0 saturated carbocycles. The van der Waals surface area contributed by atoms with Crippen molar-refractivity contribution in [3.05, 3.63) is 23.8 Å². The second kappa shape index (κ2) is 7.56. The Bertz CT molecular complexity index is 406. The molecule has 0 aliphatic rings. The van der Waals surface area contributed by atoms with Gasteiger partial charge in [0.25, 0.3) is 0 Å². The predicted molar refractivity (Wildman–Crippen MR) is 88.9 cm³/mol. The van der Waals surface area contributed by atoms with Crippen molar-refractivity contribution in [2.75, 3.05) is 12.4 Å². The zero-order chi connectivity index (χ0) is 15.2. The maximum absolute atomic E-state index is 5.48. The first-order chi connectivity index (χ1) is 9.38. The summed E-state index contributed by atoms with van der Waals surface area (Å²) < 4.78 is 5.48. The van der Waals surface area contributed by atoms with Crippen molar-refractivity contribution in [3.8, 4) is 5.75 Å². The Kier molecular flexibility index (Phi) is 6.38. The van der Waals surface area contributed by atoms with E-state index in [1.165, 1.54) is 31.2 Å². The number of rotatable bonds is 7. The first-order valence-corrected chi connectivity index (χ1v) is 7.83. The standard InChI is InChI=1S/C18H31NO/c1-7-8-9-10-14(2)19-16-13-15(18(3,4)5)11-12-17(16)20-6/h11-14,19H,7-10H2,1-6H3. The molecule has 0 amide bonds. The molecule has 1 rings (SSSR count). The summed E-state index contributed by atoms with van der Waals surface area (Å²) in [5.41, 5.74) is 2.61. The van der Waals surface area contributed by atoms with Crippen molar-refractivity contribution < 1.29 is 4.74 Å². The first-order valence-electron chi connectivity index (χ1n) is 7.83. The fourth-order valence-electron chi connectivity index (χ4n) is 2.33. The van der Waals surface area contributed by atoms with E-state index in [1.54, 1.807) is 7.11 Å². The third-order valence-electron chi connectivity index (χ3n) is 3.71. The molecule has 0 radical (unpaired) electrons. The molecular formula is C18H31NO. The summed E-state index contributed by atoms with van der Waals surface area (Å²) in [5, 5.41) is 3.61. The molecule has 0 aliphatic carbocycles. The second-order valence-electron chi connectivity index (χ2n) is 6.71. The van der Waals surface area contributed by atoms with Gasteiger partial charge in [-0.3, -0.25) is 0 Å². The topological polar surface area (TPSA) is 21.3 Å². The van der Waals surface area contributed by atoms with Gasteiger partial charge in [0.05, 0.1) is 12.8 Å². The van der Waals surface area contributed by atoms with E-state index >= 15 is 0 Å². The average molecular weight is 277 g/mol. The number of ether oxygens (including phenoxy) is 1. The Hall–Kier alpha value is -1.18. The smallest absolute Gasteiger partial charge is 0.141 e. The number of methoxy groups -OCH3 is 1. The van der Waals surface area contributed by atoms with Crippen molar-refractivity contribution in [3.63, 3.8) is 0 Å². The highest BCUT2D eigenvalue weighted by molar-refractivity contribution is 5.59. The van der Waals surface area contributed by atoms with Crippen LogP contribution in [-0.4, -0.2) is 13.2 Å². The van der Waals surface area contributed by atoms with Gasteiger partial charge in [-0.15, -0.1) is 0 Å². The van der Waals surface area contributed by atoms with Crippen LogP contribution in [0.2, 0.25) is 0 Å². The SMILES string of the molecule is CCCCCC(C)Nc1cc(C(C)(C)C)ccc1OC. The number of unbranched alkanes of at least 4 members (excludes halogenated alkanes) is 2. The maximum atomic E-state index is 5.48. The van der Waals surface area contributed by atoms with Crippen molar-refractivity contribution in [2.24, 2.45) is 0 Å². The van der Waals surface area contributed by atoms with Crippen molar-refractivity contribution in [2.45, 2.75) is 71.8 Å². The lowest BCUT2D eigenvalue weighted by molar-refractivity contribution is 0.415. The largest absolute Gasteiger partial charge is 0.495 e. The lowest BCUT2D eigenvalue weighted by atomic mass is 9.86. The van der Waals surface area contributed by atoms with Crippen molar-refractivity contribution >= 4 is 5.69 Å². The number of anilines is 1. The third-order valence-corrected chi connectivity index (χ3v) is 3.71. The molecule has 114 valence electrons. The summed E-state index contributed by atoms with van der Waals surface area (Å²) in [7, 11) is 1.74. The lowest BCUT2D eigenvalue weighted by Crippen LogP contribution is -2.17. The summed E-state index contributed by atoms with van der Waals surface area (Å²) in [4.78, 5) is 0. The number of nitrogens with one attached hydrogen (secondary N) is 1. The molecule has 0 aliphatic heterocycles. The molecule has 0 fully saturated rings. The highest BCUT2D eigenvalue weighted by Gasteiger charge is 2.16. The van der Waals surface area contributed by atoms with E-state index < -0.39 is 0 Å². The van der Waals surface area contributed by atoms with Gasteiger partial charge in [-0.1, -0.05) is 53.0 Å². The molecular weight excluding hydrogens is 246 g/mol. The number of hydrogen-bond donors (Lipinski definition) is 1. The van der Waals surface area contributed by atoms with Gasteiger partial charge in [-0.05, 0) is 36.5 Å². The Morgan fingerprint density at radius 2 is 1.90 bits per heavy atom. The zero-order valence-corrected chi connectivity index (χ0v) is 14.0. The summed E-state index contributed by atoms with van der Waals surface area (Å²) in [6, 6.07) is 6.94. The van der Waals surface area contributed by atoms with Gasteiger partial charge in [-0.2, -0.15) is 0 Å². The molecule has 0 spiro atoms. The molecule has 1 unspecified atom stereocenters. The van der Waals surface area contributed by atoms with Gasteiger partial charge in [0.15, 0.2) is 0 Å². The average Bonchev–Trinajstić information content (AvgIpc) is 2.38. The normalized spacial score (nSPS) is 13.1. The van der Waals surface area contributed by atoms with Crippen molar-refractivity contribution in [1.29, 1.82) is 0 Å². The molecule has 0 heterocycles. The minimum absolute atomic E-state index is 0.161. The summed E-state index contributed by atoms with van der Waals surface area (Å²) in [6.07, 6.45) is 5.07. The molecule has 2 nitrogen and oxygen atoms in total. The van der Waals surface area contributed by atoms with Crippen LogP contribution in [0, 0.1) is 0 Å². The minimum Gasteiger partial charge on any atom is -0.495 e. The highest BCUT2D eigenvalue weighted by Crippen LogP contribution is 2.32. The van der Waals surface area contributed by atoms with Gasteiger partial charge in [-0.25, -0.2) is 0 Å². The van der Waals surface area contributed by atoms with E-state index in [0.29, 0.717) is 6.04 Å². The van der Waals surface area contributed by atoms with E-state index in [9.17, 15) is 0 Å².